The molecule has 94 valence electrons. The first-order valence-corrected chi connectivity index (χ1v) is 5.59. The highest BCUT2D eigenvalue weighted by Gasteiger charge is 2.20. The van der Waals surface area contributed by atoms with Crippen molar-refractivity contribution in [2.75, 3.05) is 19.0 Å². The van der Waals surface area contributed by atoms with Crippen LogP contribution in [0.1, 0.15) is 13.8 Å². The molecule has 1 aromatic heterocycles. The summed E-state index contributed by atoms with van der Waals surface area (Å²) >= 11 is 0. The van der Waals surface area contributed by atoms with Crippen LogP contribution in [-0.2, 0) is 4.79 Å². The van der Waals surface area contributed by atoms with E-state index < -0.39 is 0 Å². The minimum atomic E-state index is -0.183. The molecule has 17 heavy (non-hydrogen) atoms. The molecule has 1 aromatic rings. The van der Waals surface area contributed by atoms with Crippen LogP contribution in [-0.4, -0.2) is 24.5 Å². The SMILES string of the molecule is COc1ccc(NC(=O)C(CN)C(C)C)cn1. The average Bonchev–Trinajstić information content (AvgIpc) is 2.30. The van der Waals surface area contributed by atoms with E-state index in [2.05, 4.69) is 10.3 Å². The van der Waals surface area contributed by atoms with Crippen molar-refractivity contribution in [2.45, 2.75) is 13.8 Å². The van der Waals surface area contributed by atoms with E-state index in [4.69, 9.17) is 10.5 Å². The second kappa shape index (κ2) is 6.20. The number of amides is 1. The fourth-order valence-corrected chi connectivity index (χ4v) is 1.49. The van der Waals surface area contributed by atoms with Gasteiger partial charge in [-0.3, -0.25) is 4.79 Å². The number of aromatic nitrogens is 1. The van der Waals surface area contributed by atoms with Crippen LogP contribution in [0.5, 0.6) is 5.88 Å². The number of hydrogen-bond donors (Lipinski definition) is 2. The van der Waals surface area contributed by atoms with E-state index in [0.29, 0.717) is 18.1 Å². The van der Waals surface area contributed by atoms with Crippen LogP contribution in [0.2, 0.25) is 0 Å². The molecule has 1 amide bonds. The van der Waals surface area contributed by atoms with Crippen LogP contribution in [0.15, 0.2) is 18.3 Å². The minimum absolute atomic E-state index is 0.0746. The third kappa shape index (κ3) is 3.71. The summed E-state index contributed by atoms with van der Waals surface area (Å²) in [6.07, 6.45) is 1.56. The van der Waals surface area contributed by atoms with E-state index in [1.54, 1.807) is 25.4 Å². The van der Waals surface area contributed by atoms with Crippen molar-refractivity contribution >= 4 is 11.6 Å². The van der Waals surface area contributed by atoms with Crippen molar-refractivity contribution in [1.82, 2.24) is 4.98 Å². The van der Waals surface area contributed by atoms with Crippen LogP contribution in [0.3, 0.4) is 0 Å². The first-order chi connectivity index (χ1) is 8.08. The second-order valence-electron chi connectivity index (χ2n) is 4.16. The number of nitrogens with zero attached hydrogens (tertiary/aromatic N) is 1. The second-order valence-corrected chi connectivity index (χ2v) is 4.16. The normalized spacial score (nSPS) is 12.3. The molecule has 3 N–H and O–H groups in total. The number of methoxy groups -OCH3 is 1. The average molecular weight is 237 g/mol. The molecule has 0 aromatic carbocycles. The van der Waals surface area contributed by atoms with E-state index in [-0.39, 0.29) is 17.7 Å². The number of pyridine rings is 1. The van der Waals surface area contributed by atoms with Gasteiger partial charge in [0.2, 0.25) is 11.8 Å². The van der Waals surface area contributed by atoms with Gasteiger partial charge in [-0.15, -0.1) is 0 Å². The molecule has 0 bridgehead atoms. The van der Waals surface area contributed by atoms with Gasteiger partial charge in [0.1, 0.15) is 0 Å². The summed E-state index contributed by atoms with van der Waals surface area (Å²) in [5.74, 6) is 0.472. The van der Waals surface area contributed by atoms with E-state index in [1.165, 1.54) is 0 Å². The Balaban J connectivity index is 2.66. The fourth-order valence-electron chi connectivity index (χ4n) is 1.49. The zero-order valence-corrected chi connectivity index (χ0v) is 10.4. The Hall–Kier alpha value is -1.62. The van der Waals surface area contributed by atoms with E-state index in [0.717, 1.165) is 0 Å². The maximum absolute atomic E-state index is 11.9. The highest BCUT2D eigenvalue weighted by molar-refractivity contribution is 5.92. The molecule has 0 radical (unpaired) electrons. The molecule has 1 atom stereocenters. The van der Waals surface area contributed by atoms with Crippen LogP contribution >= 0.6 is 0 Å². The van der Waals surface area contributed by atoms with Gasteiger partial charge in [-0.2, -0.15) is 0 Å². The van der Waals surface area contributed by atoms with Gasteiger partial charge in [0.25, 0.3) is 0 Å². The van der Waals surface area contributed by atoms with Crippen molar-refractivity contribution in [1.29, 1.82) is 0 Å². The largest absolute Gasteiger partial charge is 0.481 e. The van der Waals surface area contributed by atoms with E-state index in [9.17, 15) is 4.79 Å². The van der Waals surface area contributed by atoms with Crippen LogP contribution in [0.25, 0.3) is 0 Å². The Bertz CT molecular complexity index is 363. The number of hydrogen-bond acceptors (Lipinski definition) is 4. The van der Waals surface area contributed by atoms with Gasteiger partial charge in [0.05, 0.1) is 24.9 Å². The molecular weight excluding hydrogens is 218 g/mol. The first kappa shape index (κ1) is 13.4. The lowest BCUT2D eigenvalue weighted by Crippen LogP contribution is -2.33. The third-order valence-corrected chi connectivity index (χ3v) is 2.61. The van der Waals surface area contributed by atoms with Crippen molar-refractivity contribution in [2.24, 2.45) is 17.6 Å². The lowest BCUT2D eigenvalue weighted by atomic mass is 9.95. The molecule has 0 aliphatic rings. The summed E-state index contributed by atoms with van der Waals surface area (Å²) in [7, 11) is 1.55. The summed E-state index contributed by atoms with van der Waals surface area (Å²) < 4.78 is 4.94. The third-order valence-electron chi connectivity index (χ3n) is 2.61. The number of carbonyl (C=O) groups excluding carboxylic acids is 1. The molecule has 5 heteroatoms. The molecular formula is C12H19N3O2. The van der Waals surface area contributed by atoms with Crippen molar-refractivity contribution < 1.29 is 9.53 Å². The number of carbonyl (C=O) groups is 1. The summed E-state index contributed by atoms with van der Waals surface area (Å²) in [5, 5.41) is 2.79. The Labute approximate surface area is 101 Å². The van der Waals surface area contributed by atoms with Gasteiger partial charge in [-0.05, 0) is 12.0 Å². The van der Waals surface area contributed by atoms with Gasteiger partial charge in [0, 0.05) is 12.6 Å². The number of anilines is 1. The lowest BCUT2D eigenvalue weighted by Gasteiger charge is -2.18. The topological polar surface area (TPSA) is 77.2 Å². The molecule has 1 rings (SSSR count). The highest BCUT2D eigenvalue weighted by Crippen LogP contribution is 2.15. The zero-order chi connectivity index (χ0) is 12.8. The quantitative estimate of drug-likeness (QED) is 0.808. The Morgan fingerprint density at radius 3 is 2.65 bits per heavy atom. The van der Waals surface area contributed by atoms with Gasteiger partial charge >= 0.3 is 0 Å². The van der Waals surface area contributed by atoms with Crippen LogP contribution in [0, 0.1) is 11.8 Å². The molecule has 0 fully saturated rings. The molecule has 5 nitrogen and oxygen atoms in total. The monoisotopic (exact) mass is 237 g/mol. The number of nitrogens with one attached hydrogen (secondary N) is 1. The molecule has 0 spiro atoms. The van der Waals surface area contributed by atoms with Crippen LogP contribution in [0.4, 0.5) is 5.69 Å². The summed E-state index contributed by atoms with van der Waals surface area (Å²) in [4.78, 5) is 15.9. The predicted octanol–water partition coefficient (Wildman–Crippen LogP) is 1.26. The van der Waals surface area contributed by atoms with Crippen molar-refractivity contribution in [3.05, 3.63) is 18.3 Å². The highest BCUT2D eigenvalue weighted by atomic mass is 16.5. The summed E-state index contributed by atoms with van der Waals surface area (Å²) in [5.41, 5.74) is 6.23. The van der Waals surface area contributed by atoms with E-state index >= 15 is 0 Å². The van der Waals surface area contributed by atoms with Gasteiger partial charge in [-0.1, -0.05) is 13.8 Å². The molecule has 0 aliphatic carbocycles. The molecule has 1 unspecified atom stereocenters. The predicted molar refractivity (Wildman–Crippen MR) is 66.8 cm³/mol. The summed E-state index contributed by atoms with van der Waals surface area (Å²) in [6.45, 7) is 4.29. The molecule has 0 saturated carbocycles. The Morgan fingerprint density at radius 1 is 1.53 bits per heavy atom. The minimum Gasteiger partial charge on any atom is -0.481 e. The van der Waals surface area contributed by atoms with Crippen molar-refractivity contribution in [3.63, 3.8) is 0 Å². The maximum Gasteiger partial charge on any atom is 0.229 e. The van der Waals surface area contributed by atoms with Crippen molar-refractivity contribution in [3.8, 4) is 5.88 Å². The maximum atomic E-state index is 11.9. The molecule has 1 heterocycles. The number of ether oxygens (including phenoxy) is 1. The number of nitrogens with two attached hydrogens (primary N) is 1. The standard InChI is InChI=1S/C12H19N3O2/c1-8(2)10(6-13)12(16)15-9-4-5-11(17-3)14-7-9/h4-5,7-8,10H,6,13H2,1-3H3,(H,15,16). The molecule has 0 saturated heterocycles. The number of rotatable bonds is 5. The lowest BCUT2D eigenvalue weighted by molar-refractivity contribution is -0.120. The van der Waals surface area contributed by atoms with Gasteiger partial charge in [0.15, 0.2) is 0 Å². The smallest absolute Gasteiger partial charge is 0.229 e. The first-order valence-electron chi connectivity index (χ1n) is 5.59. The Kier molecular flexibility index (Phi) is 4.90. The van der Waals surface area contributed by atoms with E-state index in [1.807, 2.05) is 13.8 Å². The van der Waals surface area contributed by atoms with Gasteiger partial charge < -0.3 is 15.8 Å². The molecule has 0 aliphatic heterocycles. The van der Waals surface area contributed by atoms with Gasteiger partial charge in [-0.25, -0.2) is 4.98 Å². The zero-order valence-electron chi connectivity index (χ0n) is 10.4. The van der Waals surface area contributed by atoms with Crippen LogP contribution < -0.4 is 15.8 Å². The fraction of sp³-hybridized carbons (Fsp3) is 0.500. The Morgan fingerprint density at radius 2 is 2.24 bits per heavy atom. The summed E-state index contributed by atoms with van der Waals surface area (Å²) in [6, 6.07) is 3.44.